The summed E-state index contributed by atoms with van der Waals surface area (Å²) in [5.74, 6) is -2.64. The van der Waals surface area contributed by atoms with Gasteiger partial charge in [-0.15, -0.1) is 0 Å². The highest BCUT2D eigenvalue weighted by molar-refractivity contribution is 7.92. The minimum absolute atomic E-state index is 0.166. The lowest BCUT2D eigenvalue weighted by Crippen LogP contribution is -2.33. The van der Waals surface area contributed by atoms with Crippen LogP contribution in [0.15, 0.2) is 28.8 Å². The minimum atomic E-state index is -3.89. The van der Waals surface area contributed by atoms with Crippen LogP contribution < -0.4 is 5.32 Å². The highest BCUT2D eigenvalue weighted by Gasteiger charge is 2.29. The predicted molar refractivity (Wildman–Crippen MR) is 78.3 cm³/mol. The highest BCUT2D eigenvalue weighted by atomic mass is 32.2. The van der Waals surface area contributed by atoms with Crippen LogP contribution in [0.3, 0.4) is 0 Å². The summed E-state index contributed by atoms with van der Waals surface area (Å²) in [6.45, 7) is 2.76. The fraction of sp³-hybridized carbons (Fsp3) is 0.286. The molecule has 1 N–H and O–H groups in total. The molecule has 1 aromatic heterocycles. The van der Waals surface area contributed by atoms with E-state index in [0.717, 1.165) is 25.1 Å². The predicted octanol–water partition coefficient (Wildman–Crippen LogP) is 2.20. The molecule has 0 fully saturated rings. The smallest absolute Gasteiger partial charge is 0.242 e. The second-order valence-electron chi connectivity index (χ2n) is 4.99. The Bertz CT molecular complexity index is 833. The number of carbonyl (C=O) groups is 1. The van der Waals surface area contributed by atoms with Gasteiger partial charge in [0.25, 0.3) is 0 Å². The molecule has 1 heterocycles. The molecule has 0 radical (unpaired) electrons. The summed E-state index contributed by atoms with van der Waals surface area (Å²) in [4.78, 5) is 12.0. The molecule has 124 valence electrons. The van der Waals surface area contributed by atoms with Crippen LogP contribution in [0.25, 0.3) is 0 Å². The fourth-order valence-corrected chi connectivity index (χ4v) is 2.99. The maximum absolute atomic E-state index is 13.5. The first-order chi connectivity index (χ1) is 10.7. The maximum Gasteiger partial charge on any atom is 0.242 e. The van der Waals surface area contributed by atoms with E-state index in [0.29, 0.717) is 5.76 Å². The summed E-state index contributed by atoms with van der Waals surface area (Å²) in [6.07, 6.45) is 0. The molecule has 9 heteroatoms. The Morgan fingerprint density at radius 3 is 2.65 bits per heavy atom. The van der Waals surface area contributed by atoms with Gasteiger partial charge in [0.2, 0.25) is 5.91 Å². The first kappa shape index (κ1) is 17.1. The Morgan fingerprint density at radius 1 is 1.35 bits per heavy atom. The first-order valence-corrected chi connectivity index (χ1v) is 8.30. The average Bonchev–Trinajstić information content (AvgIpc) is 2.86. The van der Waals surface area contributed by atoms with Gasteiger partial charge >= 0.3 is 0 Å². The van der Waals surface area contributed by atoms with Crippen LogP contribution in [0.4, 0.5) is 14.5 Å². The largest absolute Gasteiger partial charge is 0.361 e. The molecule has 1 amide bonds. The molecule has 23 heavy (non-hydrogen) atoms. The molecule has 1 aromatic carbocycles. The van der Waals surface area contributed by atoms with Gasteiger partial charge in [-0.05, 0) is 26.0 Å². The number of rotatable bonds is 5. The Hall–Kier alpha value is -2.29. The van der Waals surface area contributed by atoms with Crippen molar-refractivity contribution in [2.45, 2.75) is 24.9 Å². The van der Waals surface area contributed by atoms with E-state index in [1.54, 1.807) is 6.92 Å². The van der Waals surface area contributed by atoms with Gasteiger partial charge in [-0.2, -0.15) is 0 Å². The van der Waals surface area contributed by atoms with Crippen molar-refractivity contribution in [2.75, 3.05) is 5.32 Å². The summed E-state index contributed by atoms with van der Waals surface area (Å²) >= 11 is 0. The molecule has 0 saturated heterocycles. The number of nitrogens with one attached hydrogen (secondary N) is 1. The van der Waals surface area contributed by atoms with Crippen molar-refractivity contribution in [2.24, 2.45) is 0 Å². The van der Waals surface area contributed by atoms with Crippen molar-refractivity contribution in [1.82, 2.24) is 5.16 Å². The number of nitrogens with zero attached hydrogens (tertiary/aromatic N) is 1. The minimum Gasteiger partial charge on any atom is -0.361 e. The molecule has 2 rings (SSSR count). The standard InChI is InChI=1S/C14H14F2N2O4S/c1-8-5-11(18-22-8)7-23(20,21)9(2)14(19)17-13-6-10(15)3-4-12(13)16/h3-6,9H,7H2,1-2H3,(H,17,19). The van der Waals surface area contributed by atoms with Crippen molar-refractivity contribution in [1.29, 1.82) is 0 Å². The van der Waals surface area contributed by atoms with Crippen molar-refractivity contribution in [3.63, 3.8) is 0 Å². The number of amides is 1. The zero-order valence-electron chi connectivity index (χ0n) is 12.3. The molecular weight excluding hydrogens is 330 g/mol. The molecule has 0 bridgehead atoms. The normalized spacial score (nSPS) is 12.9. The van der Waals surface area contributed by atoms with Gasteiger partial charge in [0, 0.05) is 12.1 Å². The summed E-state index contributed by atoms with van der Waals surface area (Å²) in [5.41, 5.74) is -0.256. The topological polar surface area (TPSA) is 89.3 Å². The Labute approximate surface area is 131 Å². The van der Waals surface area contributed by atoms with Crippen molar-refractivity contribution < 1.29 is 26.5 Å². The highest BCUT2D eigenvalue weighted by Crippen LogP contribution is 2.18. The van der Waals surface area contributed by atoms with Crippen molar-refractivity contribution >= 4 is 21.4 Å². The van der Waals surface area contributed by atoms with Crippen LogP contribution in [-0.4, -0.2) is 24.7 Å². The molecule has 1 atom stereocenters. The average molecular weight is 344 g/mol. The third-order valence-electron chi connectivity index (χ3n) is 3.12. The second-order valence-corrected chi connectivity index (χ2v) is 7.31. The number of sulfone groups is 1. The van der Waals surface area contributed by atoms with E-state index in [-0.39, 0.29) is 5.69 Å². The first-order valence-electron chi connectivity index (χ1n) is 6.59. The molecule has 0 aliphatic heterocycles. The van der Waals surface area contributed by atoms with Crippen LogP contribution >= 0.6 is 0 Å². The lowest BCUT2D eigenvalue weighted by Gasteiger charge is -2.13. The number of halogens is 2. The number of benzene rings is 1. The van der Waals surface area contributed by atoms with Crippen LogP contribution in [0.1, 0.15) is 18.4 Å². The Balaban J connectivity index is 2.13. The van der Waals surface area contributed by atoms with Crippen LogP contribution in [0, 0.1) is 18.6 Å². The van der Waals surface area contributed by atoms with E-state index in [1.807, 2.05) is 0 Å². The van der Waals surface area contributed by atoms with Gasteiger partial charge in [0.1, 0.15) is 22.6 Å². The lowest BCUT2D eigenvalue weighted by atomic mass is 10.3. The summed E-state index contributed by atoms with van der Waals surface area (Å²) in [7, 11) is -3.89. The van der Waals surface area contributed by atoms with Gasteiger partial charge < -0.3 is 9.84 Å². The van der Waals surface area contributed by atoms with Crippen LogP contribution in [-0.2, 0) is 20.4 Å². The molecule has 6 nitrogen and oxygen atoms in total. The van der Waals surface area contributed by atoms with Gasteiger partial charge in [-0.25, -0.2) is 17.2 Å². The van der Waals surface area contributed by atoms with Gasteiger partial charge in [-0.1, -0.05) is 5.16 Å². The number of aromatic nitrogens is 1. The summed E-state index contributed by atoms with van der Waals surface area (Å²) in [5, 5.41) is 4.16. The van der Waals surface area contributed by atoms with Crippen LogP contribution in [0.2, 0.25) is 0 Å². The monoisotopic (exact) mass is 344 g/mol. The third kappa shape index (κ3) is 4.13. The van der Waals surface area contributed by atoms with E-state index in [1.165, 1.54) is 6.07 Å². The molecule has 1 unspecified atom stereocenters. The Morgan fingerprint density at radius 2 is 2.04 bits per heavy atom. The van der Waals surface area contributed by atoms with E-state index >= 15 is 0 Å². The fourth-order valence-electron chi connectivity index (χ4n) is 1.81. The van der Waals surface area contributed by atoms with Gasteiger partial charge in [0.05, 0.1) is 17.1 Å². The molecule has 2 aromatic rings. The Kier molecular flexibility index (Phi) is 4.79. The van der Waals surface area contributed by atoms with E-state index in [2.05, 4.69) is 10.5 Å². The zero-order valence-corrected chi connectivity index (χ0v) is 13.2. The van der Waals surface area contributed by atoms with E-state index in [4.69, 9.17) is 4.52 Å². The number of aryl methyl sites for hydroxylation is 1. The second kappa shape index (κ2) is 6.45. The molecule has 0 aliphatic carbocycles. The van der Waals surface area contributed by atoms with Crippen LogP contribution in [0.5, 0.6) is 0 Å². The zero-order chi connectivity index (χ0) is 17.2. The maximum atomic E-state index is 13.5. The number of hydrogen-bond acceptors (Lipinski definition) is 5. The molecule has 0 saturated carbocycles. The van der Waals surface area contributed by atoms with E-state index in [9.17, 15) is 22.0 Å². The van der Waals surface area contributed by atoms with Gasteiger partial charge in [0.15, 0.2) is 9.84 Å². The van der Waals surface area contributed by atoms with E-state index < -0.39 is 44.1 Å². The molecule has 0 spiro atoms. The molecular formula is C14H14F2N2O4S. The molecule has 0 aliphatic rings. The quantitative estimate of drug-likeness (QED) is 0.898. The number of anilines is 1. The summed E-state index contributed by atoms with van der Waals surface area (Å²) < 4.78 is 55.7. The summed E-state index contributed by atoms with van der Waals surface area (Å²) in [6, 6.07) is 3.93. The third-order valence-corrected chi connectivity index (χ3v) is 5.11. The van der Waals surface area contributed by atoms with Crippen molar-refractivity contribution in [3.8, 4) is 0 Å². The number of carbonyl (C=O) groups excluding carboxylic acids is 1. The number of hydrogen-bond donors (Lipinski definition) is 1. The lowest BCUT2D eigenvalue weighted by molar-refractivity contribution is -0.115. The SMILES string of the molecule is Cc1cc(CS(=O)(=O)C(C)C(=O)Nc2cc(F)ccc2F)no1. The van der Waals surface area contributed by atoms with Gasteiger partial charge in [-0.3, -0.25) is 4.79 Å². The van der Waals surface area contributed by atoms with Crippen molar-refractivity contribution in [3.05, 3.63) is 47.4 Å².